The zero-order chi connectivity index (χ0) is 14.9. The van der Waals surface area contributed by atoms with E-state index in [0.29, 0.717) is 0 Å². The Hall–Kier alpha value is -2.10. The first-order valence-electron chi connectivity index (χ1n) is 5.60. The molecule has 0 aromatic carbocycles. The predicted molar refractivity (Wildman–Crippen MR) is 62.5 cm³/mol. The molecule has 0 bridgehead atoms. The molecule has 0 aliphatic carbocycles. The smallest absolute Gasteiger partial charge is 0.372 e. The van der Waals surface area contributed by atoms with Crippen molar-refractivity contribution in [3.8, 4) is 0 Å². The molecule has 2 aromatic heterocycles. The fourth-order valence-electron chi connectivity index (χ4n) is 1.63. The van der Waals surface area contributed by atoms with Gasteiger partial charge in [-0.25, -0.2) is 9.78 Å². The molecule has 0 aliphatic heterocycles. The maximum Gasteiger partial charge on any atom is 0.411 e. The molecular formula is C10H11F3N4O3. The number of rotatable bonds is 4. The number of aromatic nitrogens is 4. The molecule has 7 nitrogen and oxygen atoms in total. The van der Waals surface area contributed by atoms with Crippen molar-refractivity contribution in [1.29, 1.82) is 0 Å². The summed E-state index contributed by atoms with van der Waals surface area (Å²) in [6.45, 7) is -1.54. The highest BCUT2D eigenvalue weighted by Crippen LogP contribution is 2.14. The molecule has 2 aromatic rings. The molecular weight excluding hydrogens is 281 g/mol. The number of hydrogen-bond donors (Lipinski definition) is 2. The van der Waals surface area contributed by atoms with Crippen LogP contribution in [0.3, 0.4) is 0 Å². The van der Waals surface area contributed by atoms with Crippen LogP contribution < -0.4 is 11.2 Å². The van der Waals surface area contributed by atoms with Gasteiger partial charge in [0.25, 0.3) is 5.56 Å². The Morgan fingerprint density at radius 2 is 2.00 bits per heavy atom. The Morgan fingerprint density at radius 3 is 2.65 bits per heavy atom. The second-order valence-corrected chi connectivity index (χ2v) is 4.12. The number of imidazole rings is 1. The Balaban J connectivity index is 2.13. The van der Waals surface area contributed by atoms with Gasteiger partial charge in [0.05, 0.1) is 6.61 Å². The number of nitrogens with zero attached hydrogens (tertiary/aromatic N) is 2. The van der Waals surface area contributed by atoms with Crippen molar-refractivity contribution < 1.29 is 17.9 Å². The summed E-state index contributed by atoms with van der Waals surface area (Å²) in [4.78, 5) is 31.6. The fourth-order valence-corrected chi connectivity index (χ4v) is 1.63. The maximum atomic E-state index is 11.9. The van der Waals surface area contributed by atoms with Gasteiger partial charge in [0.2, 0.25) is 0 Å². The standard InChI is InChI=1S/C10H11F3N4O3/c1-17-7-6(8(18)16-9(17)19)14-5(15-7)2-3-20-4-10(11,12)13/h2-4H2,1H3,(H,14,15)(H,16,18,19). The third kappa shape index (κ3) is 3.07. The van der Waals surface area contributed by atoms with Crippen molar-refractivity contribution in [2.45, 2.75) is 12.6 Å². The normalized spacial score (nSPS) is 12.2. The van der Waals surface area contributed by atoms with Gasteiger partial charge in [0, 0.05) is 13.5 Å². The van der Waals surface area contributed by atoms with E-state index in [9.17, 15) is 22.8 Å². The highest BCUT2D eigenvalue weighted by atomic mass is 19.4. The van der Waals surface area contributed by atoms with Gasteiger partial charge in [0.15, 0.2) is 5.65 Å². The van der Waals surface area contributed by atoms with Gasteiger partial charge < -0.3 is 9.72 Å². The maximum absolute atomic E-state index is 11.9. The van der Waals surface area contributed by atoms with E-state index < -0.39 is 24.0 Å². The Morgan fingerprint density at radius 1 is 1.30 bits per heavy atom. The second kappa shape index (κ2) is 5.12. The average molecular weight is 292 g/mol. The first-order valence-corrected chi connectivity index (χ1v) is 5.60. The van der Waals surface area contributed by atoms with Crippen molar-refractivity contribution in [3.63, 3.8) is 0 Å². The Kier molecular flexibility index (Phi) is 3.66. The summed E-state index contributed by atoms with van der Waals surface area (Å²) in [6, 6.07) is 0. The van der Waals surface area contributed by atoms with Crippen LogP contribution >= 0.6 is 0 Å². The van der Waals surface area contributed by atoms with E-state index in [4.69, 9.17) is 0 Å². The first-order chi connectivity index (χ1) is 9.28. The molecule has 0 fully saturated rings. The lowest BCUT2D eigenvalue weighted by Gasteiger charge is -2.06. The summed E-state index contributed by atoms with van der Waals surface area (Å²) < 4.78 is 41.2. The van der Waals surface area contributed by atoms with E-state index in [1.807, 2.05) is 0 Å². The van der Waals surface area contributed by atoms with Crippen LogP contribution in [0, 0.1) is 0 Å². The molecule has 0 saturated heterocycles. The molecule has 10 heteroatoms. The lowest BCUT2D eigenvalue weighted by Crippen LogP contribution is -2.28. The fraction of sp³-hybridized carbons (Fsp3) is 0.500. The molecule has 110 valence electrons. The minimum Gasteiger partial charge on any atom is -0.372 e. The van der Waals surface area contributed by atoms with Crippen LogP contribution in [0.5, 0.6) is 0 Å². The lowest BCUT2D eigenvalue weighted by atomic mass is 10.4. The van der Waals surface area contributed by atoms with Crippen LogP contribution in [-0.2, 0) is 18.2 Å². The zero-order valence-corrected chi connectivity index (χ0v) is 10.4. The number of hydrogen-bond acceptors (Lipinski definition) is 4. The molecule has 0 amide bonds. The van der Waals surface area contributed by atoms with Gasteiger partial charge in [-0.05, 0) is 0 Å². The van der Waals surface area contributed by atoms with Gasteiger partial charge in [-0.15, -0.1) is 0 Å². The largest absolute Gasteiger partial charge is 0.411 e. The van der Waals surface area contributed by atoms with Crippen molar-refractivity contribution in [2.24, 2.45) is 7.05 Å². The summed E-state index contributed by atoms with van der Waals surface area (Å²) in [5.41, 5.74) is -1.01. The Bertz CT molecular complexity index is 728. The number of fused-ring (bicyclic) bond motifs is 1. The van der Waals surface area contributed by atoms with Gasteiger partial charge in [-0.2, -0.15) is 13.2 Å². The molecule has 20 heavy (non-hydrogen) atoms. The number of alkyl halides is 3. The van der Waals surface area contributed by atoms with E-state index in [1.54, 1.807) is 0 Å². The van der Waals surface area contributed by atoms with E-state index in [2.05, 4.69) is 19.7 Å². The van der Waals surface area contributed by atoms with Crippen LogP contribution in [-0.4, -0.2) is 38.9 Å². The first kappa shape index (κ1) is 14.3. The monoisotopic (exact) mass is 292 g/mol. The highest BCUT2D eigenvalue weighted by Gasteiger charge is 2.27. The molecule has 2 N–H and O–H groups in total. The minimum absolute atomic E-state index is 0.0678. The van der Waals surface area contributed by atoms with Crippen molar-refractivity contribution >= 4 is 11.2 Å². The van der Waals surface area contributed by atoms with Gasteiger partial charge in [-0.1, -0.05) is 0 Å². The van der Waals surface area contributed by atoms with Gasteiger partial charge >= 0.3 is 11.9 Å². The molecule has 0 saturated carbocycles. The van der Waals surface area contributed by atoms with Crippen molar-refractivity contribution in [1.82, 2.24) is 19.5 Å². The molecule has 0 radical (unpaired) electrons. The average Bonchev–Trinajstić information content (AvgIpc) is 2.75. The van der Waals surface area contributed by atoms with Gasteiger partial charge in [-0.3, -0.25) is 14.3 Å². The summed E-state index contributed by atoms with van der Waals surface area (Å²) in [7, 11) is 1.42. The Labute approximate surface area is 109 Å². The van der Waals surface area contributed by atoms with E-state index >= 15 is 0 Å². The van der Waals surface area contributed by atoms with Crippen LogP contribution in [0.1, 0.15) is 5.82 Å². The molecule has 2 rings (SSSR count). The molecule has 0 spiro atoms. The lowest BCUT2D eigenvalue weighted by molar-refractivity contribution is -0.173. The number of nitrogens with one attached hydrogen (secondary N) is 2. The third-order valence-electron chi connectivity index (χ3n) is 2.55. The second-order valence-electron chi connectivity index (χ2n) is 4.12. The molecule has 0 atom stereocenters. The number of halogens is 3. The quantitative estimate of drug-likeness (QED) is 0.780. The number of aromatic amines is 2. The number of H-pyrrole nitrogens is 2. The van der Waals surface area contributed by atoms with E-state index in [1.165, 1.54) is 7.05 Å². The molecule has 2 heterocycles. The summed E-state index contributed by atoms with van der Waals surface area (Å²) >= 11 is 0. The summed E-state index contributed by atoms with van der Waals surface area (Å²) in [5, 5.41) is 0. The van der Waals surface area contributed by atoms with E-state index in [0.717, 1.165) is 4.57 Å². The zero-order valence-electron chi connectivity index (χ0n) is 10.4. The van der Waals surface area contributed by atoms with Crippen LogP contribution in [0.2, 0.25) is 0 Å². The van der Waals surface area contributed by atoms with Crippen molar-refractivity contribution in [3.05, 3.63) is 26.7 Å². The SMILES string of the molecule is Cn1c(=O)[nH]c(=O)c2[nH]c(CCOCC(F)(F)F)nc21. The predicted octanol–water partition coefficient (Wildman–Crippen LogP) is 0.0713. The minimum atomic E-state index is -4.38. The summed E-state index contributed by atoms with van der Waals surface area (Å²) in [6.07, 6.45) is -4.31. The molecule has 0 aliphatic rings. The van der Waals surface area contributed by atoms with Crippen LogP contribution in [0.4, 0.5) is 13.2 Å². The summed E-state index contributed by atoms with van der Waals surface area (Å²) in [5.74, 6) is 0.272. The van der Waals surface area contributed by atoms with Crippen molar-refractivity contribution in [2.75, 3.05) is 13.2 Å². The topological polar surface area (TPSA) is 92.8 Å². The van der Waals surface area contributed by atoms with Crippen LogP contribution in [0.15, 0.2) is 9.59 Å². The van der Waals surface area contributed by atoms with Crippen LogP contribution in [0.25, 0.3) is 11.2 Å². The molecule has 0 unspecified atom stereocenters. The third-order valence-corrected chi connectivity index (χ3v) is 2.55. The number of aryl methyl sites for hydroxylation is 1. The van der Waals surface area contributed by atoms with E-state index in [-0.39, 0.29) is 30.0 Å². The van der Waals surface area contributed by atoms with Gasteiger partial charge in [0.1, 0.15) is 17.9 Å². The number of ether oxygens (including phenoxy) is 1. The highest BCUT2D eigenvalue weighted by molar-refractivity contribution is 5.69.